The molecular formula is C17H25N3O3S. The number of hydrogen-bond donors (Lipinski definition) is 2. The van der Waals surface area contributed by atoms with Crippen molar-refractivity contribution in [1.82, 2.24) is 14.9 Å². The molecule has 0 aromatic heterocycles. The molecule has 1 aliphatic carbocycles. The Morgan fingerprint density at radius 2 is 1.92 bits per heavy atom. The molecule has 0 radical (unpaired) electrons. The van der Waals surface area contributed by atoms with Gasteiger partial charge in [0.25, 0.3) is 5.91 Å². The van der Waals surface area contributed by atoms with Crippen LogP contribution in [-0.4, -0.2) is 51.4 Å². The lowest BCUT2D eigenvalue weighted by atomic mass is 10.2. The van der Waals surface area contributed by atoms with E-state index in [0.29, 0.717) is 18.7 Å². The van der Waals surface area contributed by atoms with Gasteiger partial charge in [-0.2, -0.15) is 0 Å². The fourth-order valence-electron chi connectivity index (χ4n) is 3.36. The van der Waals surface area contributed by atoms with Gasteiger partial charge in [-0.05, 0) is 44.0 Å². The molecule has 2 fully saturated rings. The van der Waals surface area contributed by atoms with E-state index in [-0.39, 0.29) is 16.8 Å². The number of carbonyl (C=O) groups excluding carboxylic acids is 1. The van der Waals surface area contributed by atoms with Crippen LogP contribution in [0.2, 0.25) is 0 Å². The SMILES string of the molecule is O=C(c1cccc(S(=O)(=O)NC2CCCC2)c1)N1CCCNCC1. The molecular weight excluding hydrogens is 326 g/mol. The Hall–Kier alpha value is -1.44. The van der Waals surface area contributed by atoms with Crippen molar-refractivity contribution in [2.75, 3.05) is 26.2 Å². The molecule has 0 spiro atoms. The normalized spacial score (nSPS) is 20.1. The van der Waals surface area contributed by atoms with Crippen molar-refractivity contribution in [3.05, 3.63) is 29.8 Å². The third-order valence-corrected chi connectivity index (χ3v) is 6.21. The molecule has 1 aromatic carbocycles. The number of nitrogens with one attached hydrogen (secondary N) is 2. The van der Waals surface area contributed by atoms with E-state index in [1.807, 2.05) is 0 Å². The summed E-state index contributed by atoms with van der Waals surface area (Å²) in [6, 6.07) is 6.41. The molecule has 1 saturated heterocycles. The number of benzene rings is 1. The fraction of sp³-hybridized carbons (Fsp3) is 0.588. The van der Waals surface area contributed by atoms with Crippen LogP contribution in [0.3, 0.4) is 0 Å². The summed E-state index contributed by atoms with van der Waals surface area (Å²) in [5.41, 5.74) is 0.436. The topological polar surface area (TPSA) is 78.5 Å². The Labute approximate surface area is 143 Å². The van der Waals surface area contributed by atoms with E-state index in [2.05, 4.69) is 10.0 Å². The number of carbonyl (C=O) groups is 1. The van der Waals surface area contributed by atoms with Crippen LogP contribution in [0, 0.1) is 0 Å². The third-order valence-electron chi connectivity index (χ3n) is 4.70. The Kier molecular flexibility index (Phi) is 5.53. The summed E-state index contributed by atoms with van der Waals surface area (Å²) in [6.45, 7) is 3.02. The molecule has 24 heavy (non-hydrogen) atoms. The van der Waals surface area contributed by atoms with E-state index in [0.717, 1.165) is 45.2 Å². The molecule has 1 heterocycles. The van der Waals surface area contributed by atoms with Crippen molar-refractivity contribution in [2.45, 2.75) is 43.0 Å². The summed E-state index contributed by atoms with van der Waals surface area (Å²) in [4.78, 5) is 14.6. The van der Waals surface area contributed by atoms with Crippen LogP contribution in [0.25, 0.3) is 0 Å². The smallest absolute Gasteiger partial charge is 0.253 e. The highest BCUT2D eigenvalue weighted by Crippen LogP contribution is 2.21. The standard InChI is InChI=1S/C17H25N3O3S/c21-17(20-11-4-9-18-10-12-20)14-5-3-8-16(13-14)24(22,23)19-15-6-1-2-7-15/h3,5,8,13,15,18-19H,1-2,4,6-7,9-12H2. The first-order chi connectivity index (χ1) is 11.6. The molecule has 132 valence electrons. The number of sulfonamides is 1. The average Bonchev–Trinajstić information content (AvgIpc) is 2.93. The first-order valence-electron chi connectivity index (χ1n) is 8.69. The summed E-state index contributed by atoms with van der Waals surface area (Å²) >= 11 is 0. The maximum atomic E-state index is 12.7. The van der Waals surface area contributed by atoms with Crippen LogP contribution < -0.4 is 10.0 Å². The maximum absolute atomic E-state index is 12.7. The van der Waals surface area contributed by atoms with Crippen LogP contribution >= 0.6 is 0 Å². The Bertz CT molecular complexity index is 676. The van der Waals surface area contributed by atoms with Gasteiger partial charge in [0.1, 0.15) is 0 Å². The van der Waals surface area contributed by atoms with Crippen molar-refractivity contribution in [1.29, 1.82) is 0 Å². The molecule has 1 saturated carbocycles. The highest BCUT2D eigenvalue weighted by molar-refractivity contribution is 7.89. The van der Waals surface area contributed by atoms with Gasteiger partial charge >= 0.3 is 0 Å². The van der Waals surface area contributed by atoms with Gasteiger partial charge in [-0.3, -0.25) is 4.79 Å². The molecule has 0 bridgehead atoms. The first-order valence-corrected chi connectivity index (χ1v) is 10.2. The summed E-state index contributed by atoms with van der Waals surface area (Å²) < 4.78 is 27.9. The lowest BCUT2D eigenvalue weighted by Gasteiger charge is -2.20. The second-order valence-electron chi connectivity index (χ2n) is 6.53. The van der Waals surface area contributed by atoms with Crippen molar-refractivity contribution in [2.24, 2.45) is 0 Å². The molecule has 1 aromatic rings. The zero-order chi connectivity index (χ0) is 17.0. The van der Waals surface area contributed by atoms with E-state index >= 15 is 0 Å². The Balaban J connectivity index is 1.76. The minimum absolute atomic E-state index is 0.0195. The number of hydrogen-bond acceptors (Lipinski definition) is 4. The summed E-state index contributed by atoms with van der Waals surface area (Å²) in [6.07, 6.45) is 4.81. The fourth-order valence-corrected chi connectivity index (χ4v) is 4.71. The van der Waals surface area contributed by atoms with Crippen LogP contribution in [0.15, 0.2) is 29.2 Å². The molecule has 0 unspecified atom stereocenters. The van der Waals surface area contributed by atoms with Gasteiger partial charge in [0, 0.05) is 31.2 Å². The molecule has 1 amide bonds. The molecule has 2 N–H and O–H groups in total. The third kappa shape index (κ3) is 4.15. The number of amides is 1. The number of rotatable bonds is 4. The highest BCUT2D eigenvalue weighted by Gasteiger charge is 2.24. The minimum Gasteiger partial charge on any atom is -0.337 e. The second kappa shape index (κ2) is 7.63. The molecule has 6 nitrogen and oxygen atoms in total. The largest absolute Gasteiger partial charge is 0.337 e. The quantitative estimate of drug-likeness (QED) is 0.858. The lowest BCUT2D eigenvalue weighted by molar-refractivity contribution is 0.0766. The summed E-state index contributed by atoms with van der Waals surface area (Å²) in [7, 11) is -3.57. The van der Waals surface area contributed by atoms with E-state index in [4.69, 9.17) is 0 Å². The predicted octanol–water partition coefficient (Wildman–Crippen LogP) is 1.34. The monoisotopic (exact) mass is 351 g/mol. The van der Waals surface area contributed by atoms with Crippen molar-refractivity contribution in [3.8, 4) is 0 Å². The minimum atomic E-state index is -3.57. The van der Waals surface area contributed by atoms with Crippen molar-refractivity contribution < 1.29 is 13.2 Å². The van der Waals surface area contributed by atoms with Crippen LogP contribution in [0.1, 0.15) is 42.5 Å². The van der Waals surface area contributed by atoms with Gasteiger partial charge < -0.3 is 10.2 Å². The van der Waals surface area contributed by atoms with Crippen LogP contribution in [0.4, 0.5) is 0 Å². The van der Waals surface area contributed by atoms with E-state index < -0.39 is 10.0 Å². The van der Waals surface area contributed by atoms with Crippen molar-refractivity contribution in [3.63, 3.8) is 0 Å². The zero-order valence-corrected chi connectivity index (χ0v) is 14.6. The van der Waals surface area contributed by atoms with Gasteiger partial charge in [-0.15, -0.1) is 0 Å². The van der Waals surface area contributed by atoms with Crippen LogP contribution in [-0.2, 0) is 10.0 Å². The van der Waals surface area contributed by atoms with E-state index in [9.17, 15) is 13.2 Å². The summed E-state index contributed by atoms with van der Waals surface area (Å²) in [5, 5.41) is 3.26. The molecule has 7 heteroatoms. The Morgan fingerprint density at radius 1 is 1.12 bits per heavy atom. The average molecular weight is 351 g/mol. The molecule has 0 atom stereocenters. The Morgan fingerprint density at radius 3 is 2.71 bits per heavy atom. The van der Waals surface area contributed by atoms with E-state index in [1.54, 1.807) is 23.1 Å². The molecule has 2 aliphatic rings. The predicted molar refractivity (Wildman–Crippen MR) is 92.4 cm³/mol. The molecule has 3 rings (SSSR count). The van der Waals surface area contributed by atoms with Gasteiger partial charge in [0.05, 0.1) is 4.90 Å². The van der Waals surface area contributed by atoms with E-state index in [1.165, 1.54) is 6.07 Å². The first kappa shape index (κ1) is 17.4. The van der Waals surface area contributed by atoms with Gasteiger partial charge in [0.2, 0.25) is 10.0 Å². The van der Waals surface area contributed by atoms with Gasteiger partial charge in [0.15, 0.2) is 0 Å². The molecule has 1 aliphatic heterocycles. The zero-order valence-electron chi connectivity index (χ0n) is 13.8. The van der Waals surface area contributed by atoms with Crippen molar-refractivity contribution >= 4 is 15.9 Å². The number of nitrogens with zero attached hydrogens (tertiary/aromatic N) is 1. The van der Waals surface area contributed by atoms with Gasteiger partial charge in [-0.1, -0.05) is 18.9 Å². The second-order valence-corrected chi connectivity index (χ2v) is 8.24. The highest BCUT2D eigenvalue weighted by atomic mass is 32.2. The maximum Gasteiger partial charge on any atom is 0.253 e. The summed E-state index contributed by atoms with van der Waals surface area (Å²) in [5.74, 6) is -0.100. The van der Waals surface area contributed by atoms with Crippen LogP contribution in [0.5, 0.6) is 0 Å². The lowest BCUT2D eigenvalue weighted by Crippen LogP contribution is -2.35. The van der Waals surface area contributed by atoms with Gasteiger partial charge in [-0.25, -0.2) is 13.1 Å².